The van der Waals surface area contributed by atoms with Gasteiger partial charge < -0.3 is 10.6 Å². The lowest BCUT2D eigenvalue weighted by molar-refractivity contribution is 0.480. The van der Waals surface area contributed by atoms with Gasteiger partial charge in [0.15, 0.2) is 0 Å². The van der Waals surface area contributed by atoms with E-state index in [1.807, 2.05) is 6.07 Å². The van der Waals surface area contributed by atoms with Crippen molar-refractivity contribution in [1.29, 1.82) is 0 Å². The molecular weight excluding hydrogens is 218 g/mol. The molecule has 1 fully saturated rings. The molecule has 84 valence electrons. The third kappa shape index (κ3) is 1.90. The maximum Gasteiger partial charge on any atom is 0.117 e. The van der Waals surface area contributed by atoms with Crippen LogP contribution in [0.5, 0.6) is 0 Å². The Kier molecular flexibility index (Phi) is 2.76. The van der Waals surface area contributed by atoms with Gasteiger partial charge in [0.1, 0.15) is 5.00 Å². The molecule has 1 aromatic heterocycles. The lowest BCUT2D eigenvalue weighted by Gasteiger charge is -2.23. The molecule has 1 aliphatic rings. The first kappa shape index (κ1) is 10.1. The number of nitrogens with zero attached hydrogens (tertiary/aromatic N) is 1. The Morgan fingerprint density at radius 1 is 1.25 bits per heavy atom. The molecule has 4 heteroatoms. The van der Waals surface area contributed by atoms with Gasteiger partial charge in [-0.2, -0.15) is 4.37 Å². The molecule has 1 saturated heterocycles. The van der Waals surface area contributed by atoms with Crippen molar-refractivity contribution < 1.29 is 0 Å². The average Bonchev–Trinajstić information content (AvgIpc) is 2.74. The normalized spacial score (nSPS) is 17.8. The molecule has 2 aromatic rings. The highest BCUT2D eigenvalue weighted by atomic mass is 32.1. The van der Waals surface area contributed by atoms with Crippen LogP contribution < -0.4 is 10.6 Å². The summed E-state index contributed by atoms with van der Waals surface area (Å²) in [6.07, 6.45) is 2.40. The summed E-state index contributed by atoms with van der Waals surface area (Å²) >= 11 is 1.57. The van der Waals surface area contributed by atoms with Crippen LogP contribution in [0.2, 0.25) is 0 Å². The van der Waals surface area contributed by atoms with E-state index in [2.05, 4.69) is 33.2 Å². The molecule has 3 rings (SSSR count). The summed E-state index contributed by atoms with van der Waals surface area (Å²) in [6, 6.07) is 8.92. The molecule has 3 nitrogen and oxygen atoms in total. The van der Waals surface area contributed by atoms with Crippen LogP contribution in [-0.2, 0) is 0 Å². The van der Waals surface area contributed by atoms with Crippen LogP contribution >= 0.6 is 11.5 Å². The van der Waals surface area contributed by atoms with Crippen LogP contribution in [0.15, 0.2) is 24.3 Å². The second-order valence-electron chi connectivity index (χ2n) is 4.20. The van der Waals surface area contributed by atoms with Gasteiger partial charge in [0.2, 0.25) is 0 Å². The summed E-state index contributed by atoms with van der Waals surface area (Å²) in [7, 11) is 0. The first-order valence-corrected chi connectivity index (χ1v) is 6.52. The molecule has 0 spiro atoms. The third-order valence-corrected chi connectivity index (χ3v) is 3.87. The predicted molar refractivity (Wildman–Crippen MR) is 69.1 cm³/mol. The molecule has 2 N–H and O–H groups in total. The number of fused-ring (bicyclic) bond motifs is 1. The second kappa shape index (κ2) is 4.39. The van der Waals surface area contributed by atoms with Gasteiger partial charge in [-0.15, -0.1) is 0 Å². The Balaban J connectivity index is 1.83. The number of nitrogens with one attached hydrogen (secondary N) is 2. The van der Waals surface area contributed by atoms with Crippen molar-refractivity contribution in [3.63, 3.8) is 0 Å². The second-order valence-corrected chi connectivity index (χ2v) is 4.97. The Morgan fingerprint density at radius 3 is 2.94 bits per heavy atom. The van der Waals surface area contributed by atoms with Crippen molar-refractivity contribution >= 4 is 27.4 Å². The number of hydrogen-bond donors (Lipinski definition) is 2. The third-order valence-electron chi connectivity index (χ3n) is 3.06. The number of piperidine rings is 1. The molecule has 1 aromatic carbocycles. The van der Waals surface area contributed by atoms with E-state index in [1.54, 1.807) is 11.5 Å². The fourth-order valence-corrected chi connectivity index (χ4v) is 2.98. The molecule has 16 heavy (non-hydrogen) atoms. The Bertz CT molecular complexity index is 474. The summed E-state index contributed by atoms with van der Waals surface area (Å²) in [5.41, 5.74) is 1.10. The standard InChI is InChI=1S/C12H15N3S/c1-2-4-11-10(3-1)12(16-15-11)14-9-5-7-13-8-6-9/h1-4,9,13-14H,5-8H2. The van der Waals surface area contributed by atoms with E-state index < -0.39 is 0 Å². The number of hydrogen-bond acceptors (Lipinski definition) is 4. The smallest absolute Gasteiger partial charge is 0.117 e. The van der Waals surface area contributed by atoms with Crippen LogP contribution in [0, 0.1) is 0 Å². The molecule has 2 heterocycles. The van der Waals surface area contributed by atoms with Crippen molar-refractivity contribution in [2.45, 2.75) is 18.9 Å². The van der Waals surface area contributed by atoms with E-state index >= 15 is 0 Å². The summed E-state index contributed by atoms with van der Waals surface area (Å²) in [6.45, 7) is 2.24. The zero-order chi connectivity index (χ0) is 10.8. The zero-order valence-electron chi connectivity index (χ0n) is 9.07. The first-order valence-electron chi connectivity index (χ1n) is 5.75. The monoisotopic (exact) mass is 233 g/mol. The zero-order valence-corrected chi connectivity index (χ0v) is 9.89. The van der Waals surface area contributed by atoms with Crippen LogP contribution in [0.4, 0.5) is 5.00 Å². The fourth-order valence-electron chi connectivity index (χ4n) is 2.15. The van der Waals surface area contributed by atoms with E-state index in [1.165, 1.54) is 23.2 Å². The lowest BCUT2D eigenvalue weighted by atomic mass is 10.1. The van der Waals surface area contributed by atoms with E-state index in [9.17, 15) is 0 Å². The Hall–Kier alpha value is -1.13. The van der Waals surface area contributed by atoms with Gasteiger partial charge in [-0.25, -0.2) is 0 Å². The number of rotatable bonds is 2. The number of aromatic nitrogens is 1. The van der Waals surface area contributed by atoms with Gasteiger partial charge in [0.05, 0.1) is 5.52 Å². The maximum absolute atomic E-state index is 4.45. The molecule has 0 amide bonds. The highest BCUT2D eigenvalue weighted by Gasteiger charge is 2.14. The Morgan fingerprint density at radius 2 is 2.06 bits per heavy atom. The Labute approximate surface area is 99.0 Å². The van der Waals surface area contributed by atoms with Gasteiger partial charge >= 0.3 is 0 Å². The fraction of sp³-hybridized carbons (Fsp3) is 0.417. The average molecular weight is 233 g/mol. The van der Waals surface area contributed by atoms with E-state index in [4.69, 9.17) is 0 Å². The summed E-state index contributed by atoms with van der Waals surface area (Å²) in [5, 5.41) is 9.48. The lowest BCUT2D eigenvalue weighted by Crippen LogP contribution is -2.35. The molecule has 0 unspecified atom stereocenters. The largest absolute Gasteiger partial charge is 0.372 e. The number of anilines is 1. The molecular formula is C12H15N3S. The van der Waals surface area contributed by atoms with E-state index in [0.29, 0.717) is 6.04 Å². The van der Waals surface area contributed by atoms with Gasteiger partial charge in [0.25, 0.3) is 0 Å². The minimum Gasteiger partial charge on any atom is -0.372 e. The molecule has 0 radical (unpaired) electrons. The van der Waals surface area contributed by atoms with Crippen molar-refractivity contribution in [2.75, 3.05) is 18.4 Å². The maximum atomic E-state index is 4.45. The van der Waals surface area contributed by atoms with Crippen LogP contribution in [0.1, 0.15) is 12.8 Å². The summed E-state index contributed by atoms with van der Waals surface area (Å²) < 4.78 is 4.45. The molecule has 0 saturated carbocycles. The molecule has 0 atom stereocenters. The van der Waals surface area contributed by atoms with Gasteiger partial charge in [-0.05, 0) is 49.6 Å². The van der Waals surface area contributed by atoms with E-state index in [-0.39, 0.29) is 0 Å². The summed E-state index contributed by atoms with van der Waals surface area (Å²) in [5.74, 6) is 0. The van der Waals surface area contributed by atoms with Crippen molar-refractivity contribution in [3.8, 4) is 0 Å². The van der Waals surface area contributed by atoms with Crippen molar-refractivity contribution in [3.05, 3.63) is 24.3 Å². The topological polar surface area (TPSA) is 37.0 Å². The van der Waals surface area contributed by atoms with Gasteiger partial charge in [-0.1, -0.05) is 12.1 Å². The van der Waals surface area contributed by atoms with Crippen LogP contribution in [-0.4, -0.2) is 23.5 Å². The predicted octanol–water partition coefficient (Wildman–Crippen LogP) is 2.46. The van der Waals surface area contributed by atoms with Gasteiger partial charge in [-0.3, -0.25) is 0 Å². The van der Waals surface area contributed by atoms with Crippen molar-refractivity contribution in [2.24, 2.45) is 0 Å². The molecule has 0 bridgehead atoms. The number of benzene rings is 1. The molecule has 0 aliphatic carbocycles. The van der Waals surface area contributed by atoms with Gasteiger partial charge in [0, 0.05) is 11.4 Å². The minimum absolute atomic E-state index is 0.602. The van der Waals surface area contributed by atoms with E-state index in [0.717, 1.165) is 18.6 Å². The minimum atomic E-state index is 0.602. The highest BCUT2D eigenvalue weighted by Crippen LogP contribution is 2.28. The van der Waals surface area contributed by atoms with Crippen molar-refractivity contribution in [1.82, 2.24) is 9.69 Å². The highest BCUT2D eigenvalue weighted by molar-refractivity contribution is 7.11. The first-order chi connectivity index (χ1) is 7.93. The van der Waals surface area contributed by atoms with Crippen LogP contribution in [0.25, 0.3) is 10.9 Å². The SMILES string of the molecule is c1ccc2c(NC3CCNCC3)snc2c1. The molecule has 1 aliphatic heterocycles. The van der Waals surface area contributed by atoms with Crippen LogP contribution in [0.3, 0.4) is 0 Å². The quantitative estimate of drug-likeness (QED) is 0.836. The summed E-state index contributed by atoms with van der Waals surface area (Å²) in [4.78, 5) is 0.